The summed E-state index contributed by atoms with van der Waals surface area (Å²) >= 11 is 0. The van der Waals surface area contributed by atoms with Gasteiger partial charge in [-0.3, -0.25) is 9.59 Å². The van der Waals surface area contributed by atoms with Crippen molar-refractivity contribution in [3.8, 4) is 0 Å². The van der Waals surface area contributed by atoms with Crippen LogP contribution in [-0.2, 0) is 9.59 Å². The van der Waals surface area contributed by atoms with Crippen LogP contribution in [0.25, 0.3) is 0 Å². The highest BCUT2D eigenvalue weighted by Gasteiger charge is 2.19. The summed E-state index contributed by atoms with van der Waals surface area (Å²) < 4.78 is 0. The molecular weight excluding hydrogens is 230 g/mol. The van der Waals surface area contributed by atoms with Gasteiger partial charge >= 0.3 is 0 Å². The largest absolute Gasteiger partial charge is 0.352 e. The molecule has 1 aliphatic rings. The molecule has 0 aliphatic heterocycles. The van der Waals surface area contributed by atoms with Crippen LogP contribution in [0.3, 0.4) is 0 Å². The Morgan fingerprint density at radius 1 is 1.17 bits per heavy atom. The van der Waals surface area contributed by atoms with Crippen LogP contribution in [0.15, 0.2) is 0 Å². The summed E-state index contributed by atoms with van der Waals surface area (Å²) in [5.41, 5.74) is 0. The molecule has 18 heavy (non-hydrogen) atoms. The lowest BCUT2D eigenvalue weighted by atomic mass is 10.2. The first-order valence-electron chi connectivity index (χ1n) is 6.68. The van der Waals surface area contributed by atoms with Crippen molar-refractivity contribution in [2.75, 3.05) is 33.7 Å². The summed E-state index contributed by atoms with van der Waals surface area (Å²) in [7, 11) is 3.91. The van der Waals surface area contributed by atoms with Crippen LogP contribution in [0.2, 0.25) is 0 Å². The topological polar surface area (TPSA) is 52.7 Å². The van der Waals surface area contributed by atoms with Gasteiger partial charge in [-0.05, 0) is 26.9 Å². The van der Waals surface area contributed by atoms with Gasteiger partial charge in [-0.1, -0.05) is 12.8 Å². The van der Waals surface area contributed by atoms with Crippen molar-refractivity contribution in [2.45, 2.75) is 38.6 Å². The van der Waals surface area contributed by atoms with Gasteiger partial charge < -0.3 is 15.1 Å². The fraction of sp³-hybridized carbons (Fsp3) is 0.846. The van der Waals surface area contributed by atoms with Gasteiger partial charge in [0.15, 0.2) is 0 Å². The fourth-order valence-electron chi connectivity index (χ4n) is 2.19. The highest BCUT2D eigenvalue weighted by atomic mass is 16.2. The normalized spacial score (nSPS) is 16.0. The van der Waals surface area contributed by atoms with E-state index in [1.54, 1.807) is 4.90 Å². The van der Waals surface area contributed by atoms with Crippen LogP contribution in [0.4, 0.5) is 0 Å². The quantitative estimate of drug-likeness (QED) is 0.750. The lowest BCUT2D eigenvalue weighted by Crippen LogP contribution is -2.44. The molecule has 5 heteroatoms. The Hall–Kier alpha value is -1.10. The lowest BCUT2D eigenvalue weighted by molar-refractivity contribution is -0.134. The Balaban J connectivity index is 2.34. The molecular formula is C13H25N3O2. The van der Waals surface area contributed by atoms with E-state index in [1.807, 2.05) is 19.0 Å². The standard InChI is InChI=1S/C13H25N3O2/c1-11(17)16(9-8-15(2)3)10-13(18)14-12-6-4-5-7-12/h12H,4-10H2,1-3H3,(H,14,18). The molecule has 0 saturated heterocycles. The first-order valence-corrected chi connectivity index (χ1v) is 6.68. The maximum atomic E-state index is 11.8. The number of likely N-dealkylation sites (N-methyl/N-ethyl adjacent to an activating group) is 1. The fourth-order valence-corrected chi connectivity index (χ4v) is 2.19. The number of hydrogen-bond acceptors (Lipinski definition) is 3. The average Bonchev–Trinajstić information content (AvgIpc) is 2.76. The summed E-state index contributed by atoms with van der Waals surface area (Å²) in [6.45, 7) is 3.06. The van der Waals surface area contributed by atoms with E-state index in [1.165, 1.54) is 19.8 Å². The van der Waals surface area contributed by atoms with Crippen LogP contribution in [-0.4, -0.2) is 61.4 Å². The molecule has 0 heterocycles. The molecule has 5 nitrogen and oxygen atoms in total. The van der Waals surface area contributed by atoms with E-state index >= 15 is 0 Å². The van der Waals surface area contributed by atoms with Crippen molar-refractivity contribution in [3.05, 3.63) is 0 Å². The molecule has 0 aromatic carbocycles. The van der Waals surface area contributed by atoms with Crippen molar-refractivity contribution >= 4 is 11.8 Å². The van der Waals surface area contributed by atoms with E-state index in [0.29, 0.717) is 12.6 Å². The van der Waals surface area contributed by atoms with Gasteiger partial charge in [-0.2, -0.15) is 0 Å². The average molecular weight is 255 g/mol. The highest BCUT2D eigenvalue weighted by Crippen LogP contribution is 2.17. The van der Waals surface area contributed by atoms with E-state index in [4.69, 9.17) is 0 Å². The van der Waals surface area contributed by atoms with Gasteiger partial charge in [0.25, 0.3) is 0 Å². The third-order valence-corrected chi connectivity index (χ3v) is 3.32. The lowest BCUT2D eigenvalue weighted by Gasteiger charge is -2.23. The Kier molecular flexibility index (Phi) is 6.12. The monoisotopic (exact) mass is 255 g/mol. The number of carbonyl (C=O) groups is 2. The number of rotatable bonds is 6. The van der Waals surface area contributed by atoms with Crippen molar-refractivity contribution in [3.63, 3.8) is 0 Å². The molecule has 0 radical (unpaired) electrons. The molecule has 0 aromatic rings. The summed E-state index contributed by atoms with van der Waals surface area (Å²) in [4.78, 5) is 26.9. The van der Waals surface area contributed by atoms with Crippen molar-refractivity contribution in [1.29, 1.82) is 0 Å². The Morgan fingerprint density at radius 3 is 2.28 bits per heavy atom. The molecule has 0 atom stereocenters. The highest BCUT2D eigenvalue weighted by molar-refractivity contribution is 5.83. The van der Waals surface area contributed by atoms with E-state index in [2.05, 4.69) is 5.32 Å². The van der Waals surface area contributed by atoms with Crippen LogP contribution in [0.5, 0.6) is 0 Å². The van der Waals surface area contributed by atoms with E-state index in [9.17, 15) is 9.59 Å². The predicted octanol–water partition coefficient (Wildman–Crippen LogP) is 0.455. The zero-order valence-corrected chi connectivity index (χ0v) is 11.7. The third kappa shape index (κ3) is 5.49. The second-order valence-corrected chi connectivity index (χ2v) is 5.29. The second-order valence-electron chi connectivity index (χ2n) is 5.29. The third-order valence-electron chi connectivity index (χ3n) is 3.32. The smallest absolute Gasteiger partial charge is 0.239 e. The number of amides is 2. The van der Waals surface area contributed by atoms with Crippen molar-refractivity contribution < 1.29 is 9.59 Å². The van der Waals surface area contributed by atoms with Gasteiger partial charge in [-0.15, -0.1) is 0 Å². The Labute approximate surface area is 110 Å². The summed E-state index contributed by atoms with van der Waals surface area (Å²) in [6, 6.07) is 0.320. The maximum Gasteiger partial charge on any atom is 0.239 e. The zero-order valence-electron chi connectivity index (χ0n) is 11.7. The summed E-state index contributed by atoms with van der Waals surface area (Å²) in [6.07, 6.45) is 4.54. The summed E-state index contributed by atoms with van der Waals surface area (Å²) in [5, 5.41) is 3.01. The van der Waals surface area contributed by atoms with Gasteiger partial charge in [0, 0.05) is 26.1 Å². The molecule has 1 rings (SSSR count). The SMILES string of the molecule is CC(=O)N(CCN(C)C)CC(=O)NC1CCCC1. The minimum Gasteiger partial charge on any atom is -0.352 e. The molecule has 1 saturated carbocycles. The minimum atomic E-state index is -0.0431. The van der Waals surface area contributed by atoms with Gasteiger partial charge in [-0.25, -0.2) is 0 Å². The van der Waals surface area contributed by atoms with Crippen molar-refractivity contribution in [1.82, 2.24) is 15.1 Å². The second kappa shape index (κ2) is 7.36. The zero-order chi connectivity index (χ0) is 13.5. The maximum absolute atomic E-state index is 11.8. The molecule has 0 bridgehead atoms. The molecule has 1 N–H and O–H groups in total. The first-order chi connectivity index (χ1) is 8.49. The van der Waals surface area contributed by atoms with E-state index in [-0.39, 0.29) is 18.4 Å². The van der Waals surface area contributed by atoms with Crippen LogP contribution in [0.1, 0.15) is 32.6 Å². The number of nitrogens with one attached hydrogen (secondary N) is 1. The molecule has 1 aliphatic carbocycles. The van der Waals surface area contributed by atoms with Crippen LogP contribution >= 0.6 is 0 Å². The van der Waals surface area contributed by atoms with Gasteiger partial charge in [0.1, 0.15) is 0 Å². The van der Waals surface area contributed by atoms with Crippen LogP contribution < -0.4 is 5.32 Å². The molecule has 2 amide bonds. The van der Waals surface area contributed by atoms with Crippen molar-refractivity contribution in [2.24, 2.45) is 0 Å². The predicted molar refractivity (Wildman–Crippen MR) is 71.2 cm³/mol. The Bertz CT molecular complexity index is 286. The number of carbonyl (C=O) groups excluding carboxylic acids is 2. The minimum absolute atomic E-state index is 0.0316. The van der Waals surface area contributed by atoms with Crippen LogP contribution in [0, 0.1) is 0 Å². The molecule has 0 spiro atoms. The first kappa shape index (κ1) is 15.0. The van der Waals surface area contributed by atoms with E-state index in [0.717, 1.165) is 19.4 Å². The molecule has 104 valence electrons. The van der Waals surface area contributed by atoms with Gasteiger partial charge in [0.2, 0.25) is 11.8 Å². The molecule has 1 fully saturated rings. The van der Waals surface area contributed by atoms with E-state index < -0.39 is 0 Å². The van der Waals surface area contributed by atoms with Gasteiger partial charge in [0.05, 0.1) is 6.54 Å². The Morgan fingerprint density at radius 2 is 1.78 bits per heavy atom. The number of nitrogens with zero attached hydrogens (tertiary/aromatic N) is 2. The molecule has 0 aromatic heterocycles. The summed E-state index contributed by atoms with van der Waals surface area (Å²) in [5.74, 6) is -0.0747. The molecule has 0 unspecified atom stereocenters. The number of hydrogen-bond donors (Lipinski definition) is 1.